The molecule has 0 aliphatic carbocycles. The zero-order chi connectivity index (χ0) is 9.94. The second-order valence-corrected chi connectivity index (χ2v) is 3.02. The SMILES string of the molecule is [C]#CCCCCCCCC(=O)OC. The van der Waals surface area contributed by atoms with Gasteiger partial charge in [0, 0.05) is 12.8 Å². The van der Waals surface area contributed by atoms with Crippen molar-refractivity contribution in [3.63, 3.8) is 0 Å². The molecule has 2 nitrogen and oxygen atoms in total. The number of methoxy groups -OCH3 is 1. The third-order valence-corrected chi connectivity index (χ3v) is 1.91. The molecular formula is C11H17O2. The van der Waals surface area contributed by atoms with Crippen LogP contribution in [0.15, 0.2) is 0 Å². The minimum Gasteiger partial charge on any atom is -0.469 e. The smallest absolute Gasteiger partial charge is 0.305 e. The Morgan fingerprint density at radius 1 is 1.23 bits per heavy atom. The highest BCUT2D eigenvalue weighted by Crippen LogP contribution is 2.06. The molecule has 0 amide bonds. The van der Waals surface area contributed by atoms with Crippen molar-refractivity contribution < 1.29 is 9.53 Å². The van der Waals surface area contributed by atoms with E-state index in [1.165, 1.54) is 7.11 Å². The van der Waals surface area contributed by atoms with Gasteiger partial charge in [0.2, 0.25) is 0 Å². The summed E-state index contributed by atoms with van der Waals surface area (Å²) in [6, 6.07) is 0. The Hall–Kier alpha value is -0.970. The van der Waals surface area contributed by atoms with Crippen molar-refractivity contribution in [3.8, 4) is 5.92 Å². The standard InChI is InChI=1S/C11H17O2/c1-3-4-5-6-7-8-9-10-11(12)13-2/h4-10H2,2H3. The molecule has 0 aromatic rings. The lowest BCUT2D eigenvalue weighted by molar-refractivity contribution is -0.140. The molecule has 0 spiro atoms. The van der Waals surface area contributed by atoms with Gasteiger partial charge in [-0.25, -0.2) is 0 Å². The molecule has 2 heteroatoms. The number of esters is 1. The normalized spacial score (nSPS) is 9.23. The average molecular weight is 181 g/mol. The van der Waals surface area contributed by atoms with Crippen LogP contribution in [0.3, 0.4) is 0 Å². The zero-order valence-corrected chi connectivity index (χ0v) is 8.27. The van der Waals surface area contributed by atoms with Gasteiger partial charge in [-0.05, 0) is 19.3 Å². The molecule has 0 atom stereocenters. The molecule has 13 heavy (non-hydrogen) atoms. The van der Waals surface area contributed by atoms with Gasteiger partial charge in [0.1, 0.15) is 0 Å². The second-order valence-electron chi connectivity index (χ2n) is 3.02. The summed E-state index contributed by atoms with van der Waals surface area (Å²) in [6.07, 6.45) is 13.3. The first-order valence-electron chi connectivity index (χ1n) is 4.77. The topological polar surface area (TPSA) is 26.3 Å². The van der Waals surface area contributed by atoms with Gasteiger partial charge >= 0.3 is 5.97 Å². The van der Waals surface area contributed by atoms with Crippen molar-refractivity contribution in [2.45, 2.75) is 44.9 Å². The molecule has 0 rings (SSSR count). The van der Waals surface area contributed by atoms with E-state index in [4.69, 9.17) is 6.42 Å². The maximum absolute atomic E-state index is 10.7. The molecule has 0 heterocycles. The monoisotopic (exact) mass is 181 g/mol. The van der Waals surface area contributed by atoms with Gasteiger partial charge < -0.3 is 4.74 Å². The van der Waals surface area contributed by atoms with Gasteiger partial charge in [0.25, 0.3) is 0 Å². The number of unbranched alkanes of at least 4 members (excludes halogenated alkanes) is 5. The Kier molecular flexibility index (Phi) is 8.44. The van der Waals surface area contributed by atoms with E-state index >= 15 is 0 Å². The highest BCUT2D eigenvalue weighted by Gasteiger charge is 1.98. The Labute approximate surface area is 80.7 Å². The minimum absolute atomic E-state index is 0.118. The zero-order valence-electron chi connectivity index (χ0n) is 8.27. The predicted octanol–water partition coefficient (Wildman–Crippen LogP) is 2.48. The highest BCUT2D eigenvalue weighted by molar-refractivity contribution is 5.68. The van der Waals surface area contributed by atoms with Crippen molar-refractivity contribution in [3.05, 3.63) is 6.42 Å². The Morgan fingerprint density at radius 2 is 1.85 bits per heavy atom. The van der Waals surface area contributed by atoms with Crippen molar-refractivity contribution in [1.82, 2.24) is 0 Å². The number of ether oxygens (including phenoxy) is 1. The fourth-order valence-corrected chi connectivity index (χ4v) is 1.12. The van der Waals surface area contributed by atoms with Crippen LogP contribution in [0.5, 0.6) is 0 Å². The molecule has 0 bridgehead atoms. The molecule has 0 saturated heterocycles. The summed E-state index contributed by atoms with van der Waals surface area (Å²) in [5, 5.41) is 0. The predicted molar refractivity (Wildman–Crippen MR) is 51.5 cm³/mol. The Bertz CT molecular complexity index is 167. The molecule has 0 unspecified atom stereocenters. The molecular weight excluding hydrogens is 164 g/mol. The van der Waals surface area contributed by atoms with Crippen LogP contribution in [0.2, 0.25) is 0 Å². The van der Waals surface area contributed by atoms with Crippen molar-refractivity contribution in [2.75, 3.05) is 7.11 Å². The molecule has 0 aromatic heterocycles. The maximum Gasteiger partial charge on any atom is 0.305 e. The molecule has 0 N–H and O–H groups in total. The molecule has 0 aliphatic heterocycles. The van der Waals surface area contributed by atoms with Gasteiger partial charge in [-0.15, -0.1) is 0 Å². The van der Waals surface area contributed by atoms with Crippen LogP contribution in [-0.2, 0) is 9.53 Å². The molecule has 0 aromatic carbocycles. The summed E-state index contributed by atoms with van der Waals surface area (Å²) >= 11 is 0. The van der Waals surface area contributed by atoms with Gasteiger partial charge in [0.15, 0.2) is 0 Å². The number of rotatable bonds is 7. The summed E-state index contributed by atoms with van der Waals surface area (Å²) in [6.45, 7) is 0. The maximum atomic E-state index is 10.7. The summed E-state index contributed by atoms with van der Waals surface area (Å²) in [7, 11) is 1.42. The summed E-state index contributed by atoms with van der Waals surface area (Å²) < 4.78 is 4.52. The van der Waals surface area contributed by atoms with Gasteiger partial charge in [0.05, 0.1) is 7.11 Å². The fourth-order valence-electron chi connectivity index (χ4n) is 1.12. The van der Waals surface area contributed by atoms with E-state index in [2.05, 4.69) is 10.7 Å². The number of carbonyl (C=O) groups excluding carboxylic acids is 1. The number of carbonyl (C=O) groups is 1. The first-order chi connectivity index (χ1) is 6.31. The van der Waals surface area contributed by atoms with E-state index in [1.807, 2.05) is 0 Å². The Morgan fingerprint density at radius 3 is 2.46 bits per heavy atom. The van der Waals surface area contributed by atoms with E-state index in [-0.39, 0.29) is 5.97 Å². The van der Waals surface area contributed by atoms with Crippen LogP contribution >= 0.6 is 0 Å². The minimum atomic E-state index is -0.118. The second kappa shape index (κ2) is 9.12. The fraction of sp³-hybridized carbons (Fsp3) is 0.727. The van der Waals surface area contributed by atoms with Crippen molar-refractivity contribution >= 4 is 5.97 Å². The number of hydrogen-bond acceptors (Lipinski definition) is 2. The van der Waals surface area contributed by atoms with Gasteiger partial charge in [-0.1, -0.05) is 25.2 Å². The summed E-state index contributed by atoms with van der Waals surface area (Å²) in [5.41, 5.74) is 0. The third kappa shape index (κ3) is 8.94. The third-order valence-electron chi connectivity index (χ3n) is 1.91. The summed E-state index contributed by atoms with van der Waals surface area (Å²) in [4.78, 5) is 10.7. The first kappa shape index (κ1) is 12.0. The lowest BCUT2D eigenvalue weighted by Gasteiger charge is -1.99. The van der Waals surface area contributed by atoms with Gasteiger partial charge in [-0.3, -0.25) is 4.79 Å². The Balaban J connectivity index is 3.00. The molecule has 0 saturated carbocycles. The van der Waals surface area contributed by atoms with Crippen LogP contribution in [0, 0.1) is 12.3 Å². The molecule has 1 radical (unpaired) electrons. The van der Waals surface area contributed by atoms with E-state index in [9.17, 15) is 4.79 Å². The van der Waals surface area contributed by atoms with Crippen LogP contribution in [-0.4, -0.2) is 13.1 Å². The van der Waals surface area contributed by atoms with Crippen LogP contribution in [0.25, 0.3) is 0 Å². The van der Waals surface area contributed by atoms with Crippen molar-refractivity contribution in [1.29, 1.82) is 0 Å². The first-order valence-corrected chi connectivity index (χ1v) is 4.77. The van der Waals surface area contributed by atoms with E-state index < -0.39 is 0 Å². The lowest BCUT2D eigenvalue weighted by atomic mass is 10.1. The molecule has 0 aliphatic rings. The quantitative estimate of drug-likeness (QED) is 0.342. The van der Waals surface area contributed by atoms with Crippen LogP contribution in [0.4, 0.5) is 0 Å². The summed E-state index contributed by atoms with van der Waals surface area (Å²) in [5.74, 6) is 2.24. The van der Waals surface area contributed by atoms with Gasteiger partial charge in [-0.2, -0.15) is 0 Å². The van der Waals surface area contributed by atoms with E-state index in [1.54, 1.807) is 0 Å². The van der Waals surface area contributed by atoms with E-state index in [0.29, 0.717) is 6.42 Å². The highest BCUT2D eigenvalue weighted by atomic mass is 16.5. The van der Waals surface area contributed by atoms with Crippen LogP contribution < -0.4 is 0 Å². The van der Waals surface area contributed by atoms with E-state index in [0.717, 1.165) is 38.5 Å². The number of hydrogen-bond donors (Lipinski definition) is 0. The molecule has 73 valence electrons. The van der Waals surface area contributed by atoms with Crippen LogP contribution in [0.1, 0.15) is 44.9 Å². The lowest BCUT2D eigenvalue weighted by Crippen LogP contribution is -1.98. The average Bonchev–Trinajstić information content (AvgIpc) is 2.16. The largest absolute Gasteiger partial charge is 0.469 e. The van der Waals surface area contributed by atoms with Crippen molar-refractivity contribution in [2.24, 2.45) is 0 Å². The molecule has 0 fully saturated rings.